The number of aliphatic hydroxyl groups excluding tert-OH is 2. The average molecular weight is 482 g/mol. The number of amides is 3. The molecular weight excluding hydrogens is 452 g/mol. The Morgan fingerprint density at radius 1 is 0.824 bits per heavy atom. The summed E-state index contributed by atoms with van der Waals surface area (Å²) >= 11 is 0. The first-order chi connectivity index (χ1) is 15.8. The van der Waals surface area contributed by atoms with Crippen LogP contribution in [0, 0.1) is 0 Å². The van der Waals surface area contributed by atoms with Gasteiger partial charge in [-0.3, -0.25) is 19.2 Å². The fourth-order valence-electron chi connectivity index (χ4n) is 2.91. The van der Waals surface area contributed by atoms with Gasteiger partial charge in [-0.1, -0.05) is 30.3 Å². The van der Waals surface area contributed by atoms with Crippen molar-refractivity contribution in [3.05, 3.63) is 35.9 Å². The van der Waals surface area contributed by atoms with Crippen LogP contribution in [0.2, 0.25) is 0 Å². The van der Waals surface area contributed by atoms with E-state index in [1.54, 1.807) is 30.3 Å². The molecule has 0 spiro atoms. The summed E-state index contributed by atoms with van der Waals surface area (Å²) in [5.41, 5.74) is 6.08. The van der Waals surface area contributed by atoms with Crippen LogP contribution in [0.25, 0.3) is 0 Å². The number of aliphatic carboxylic acids is 2. The zero-order valence-corrected chi connectivity index (χ0v) is 18.7. The van der Waals surface area contributed by atoms with Gasteiger partial charge < -0.3 is 42.1 Å². The van der Waals surface area contributed by atoms with E-state index in [1.165, 1.54) is 13.8 Å². The predicted molar refractivity (Wildman–Crippen MR) is 117 cm³/mol. The van der Waals surface area contributed by atoms with E-state index in [1.807, 2.05) is 0 Å². The molecular formula is C21H30N4O9. The van der Waals surface area contributed by atoms with Crippen LogP contribution in [-0.4, -0.2) is 86.5 Å². The predicted octanol–water partition coefficient (Wildman–Crippen LogP) is -2.67. The summed E-state index contributed by atoms with van der Waals surface area (Å²) in [5.74, 6) is -5.76. The molecule has 0 saturated heterocycles. The third-order valence-electron chi connectivity index (χ3n) is 4.76. The van der Waals surface area contributed by atoms with Crippen molar-refractivity contribution >= 4 is 29.7 Å². The van der Waals surface area contributed by atoms with Gasteiger partial charge in [0.15, 0.2) is 6.04 Å². The molecule has 34 heavy (non-hydrogen) atoms. The molecule has 0 bridgehead atoms. The average Bonchev–Trinajstić information content (AvgIpc) is 2.74. The zero-order chi connectivity index (χ0) is 26.0. The number of rotatable bonds is 13. The Balaban J connectivity index is 3.09. The quantitative estimate of drug-likeness (QED) is 0.145. The second-order valence-corrected chi connectivity index (χ2v) is 7.75. The molecule has 6 unspecified atom stereocenters. The normalized spacial score (nSPS) is 16.1. The molecule has 0 fully saturated rings. The summed E-state index contributed by atoms with van der Waals surface area (Å²) in [6.45, 7) is 2.36. The van der Waals surface area contributed by atoms with Crippen LogP contribution in [0.1, 0.15) is 25.8 Å². The number of nitrogens with one attached hydrogen (secondary N) is 3. The standard InChI is InChI=1S/C21H30N4O9/c1-10(26)16(24-18(30)13(22)9-15(28)29)20(32)23-14(8-12-6-4-3-5-7-12)19(31)25-17(11(2)27)21(33)34/h3-7,10-11,13-14,16-17,26-27H,8-9,22H2,1-2H3,(H,23,32)(H,24,30)(H,25,31)(H,28,29)(H,33,34). The summed E-state index contributed by atoms with van der Waals surface area (Å²) in [6.07, 6.45) is -3.68. The molecule has 0 heterocycles. The van der Waals surface area contributed by atoms with E-state index in [2.05, 4.69) is 16.0 Å². The lowest BCUT2D eigenvalue weighted by molar-refractivity contribution is -0.145. The van der Waals surface area contributed by atoms with Gasteiger partial charge in [0.25, 0.3) is 0 Å². The molecule has 0 aliphatic rings. The maximum atomic E-state index is 12.8. The first-order valence-corrected chi connectivity index (χ1v) is 10.3. The highest BCUT2D eigenvalue weighted by atomic mass is 16.4. The van der Waals surface area contributed by atoms with Crippen LogP contribution in [0.5, 0.6) is 0 Å². The Morgan fingerprint density at radius 3 is 1.82 bits per heavy atom. The van der Waals surface area contributed by atoms with Crippen LogP contribution in [0.3, 0.4) is 0 Å². The lowest BCUT2D eigenvalue weighted by Gasteiger charge is -2.27. The molecule has 0 saturated carbocycles. The van der Waals surface area contributed by atoms with E-state index in [0.29, 0.717) is 5.56 Å². The summed E-state index contributed by atoms with van der Waals surface area (Å²) in [6, 6.07) is 2.34. The van der Waals surface area contributed by atoms with Gasteiger partial charge in [-0.2, -0.15) is 0 Å². The largest absolute Gasteiger partial charge is 0.481 e. The molecule has 3 amide bonds. The number of benzene rings is 1. The molecule has 13 heteroatoms. The number of carboxylic acid groups (broad SMARTS) is 2. The van der Waals surface area contributed by atoms with Crippen molar-refractivity contribution in [2.24, 2.45) is 5.73 Å². The molecule has 1 rings (SSSR count). The lowest BCUT2D eigenvalue weighted by atomic mass is 10.0. The highest BCUT2D eigenvalue weighted by molar-refractivity contribution is 5.95. The minimum Gasteiger partial charge on any atom is -0.481 e. The SMILES string of the molecule is CC(O)C(NC(=O)C(Cc1ccccc1)NC(=O)C(NC(=O)C(N)CC(=O)O)C(C)O)C(=O)O. The second-order valence-electron chi connectivity index (χ2n) is 7.75. The van der Waals surface area contributed by atoms with Crippen molar-refractivity contribution in [2.45, 2.75) is 63.1 Å². The Morgan fingerprint density at radius 2 is 1.35 bits per heavy atom. The fraction of sp³-hybridized carbons (Fsp3) is 0.476. The Bertz CT molecular complexity index is 876. The van der Waals surface area contributed by atoms with Gasteiger partial charge in [0, 0.05) is 6.42 Å². The summed E-state index contributed by atoms with van der Waals surface area (Å²) in [7, 11) is 0. The maximum absolute atomic E-state index is 12.8. The maximum Gasteiger partial charge on any atom is 0.328 e. The monoisotopic (exact) mass is 482 g/mol. The molecule has 0 aliphatic heterocycles. The van der Waals surface area contributed by atoms with Gasteiger partial charge in [-0.25, -0.2) is 4.79 Å². The number of aliphatic hydroxyl groups is 2. The molecule has 6 atom stereocenters. The molecule has 1 aromatic carbocycles. The smallest absolute Gasteiger partial charge is 0.328 e. The van der Waals surface area contributed by atoms with E-state index in [4.69, 9.17) is 10.8 Å². The van der Waals surface area contributed by atoms with Gasteiger partial charge in [-0.15, -0.1) is 0 Å². The van der Waals surface area contributed by atoms with Gasteiger partial charge >= 0.3 is 11.9 Å². The van der Waals surface area contributed by atoms with E-state index >= 15 is 0 Å². The van der Waals surface area contributed by atoms with Crippen LogP contribution >= 0.6 is 0 Å². The van der Waals surface area contributed by atoms with Gasteiger partial charge in [-0.05, 0) is 19.4 Å². The zero-order valence-electron chi connectivity index (χ0n) is 18.7. The highest BCUT2D eigenvalue weighted by Crippen LogP contribution is 2.06. The van der Waals surface area contributed by atoms with E-state index in [0.717, 1.165) is 0 Å². The van der Waals surface area contributed by atoms with Crippen LogP contribution in [0.4, 0.5) is 0 Å². The van der Waals surface area contributed by atoms with Gasteiger partial charge in [0.2, 0.25) is 17.7 Å². The van der Waals surface area contributed by atoms with Crippen molar-refractivity contribution in [2.75, 3.05) is 0 Å². The molecule has 0 radical (unpaired) electrons. The topological polar surface area (TPSA) is 228 Å². The first kappa shape index (κ1) is 28.5. The van der Waals surface area contributed by atoms with Crippen LogP contribution < -0.4 is 21.7 Å². The third-order valence-corrected chi connectivity index (χ3v) is 4.76. The summed E-state index contributed by atoms with van der Waals surface area (Å²) in [4.78, 5) is 59.9. The fourth-order valence-corrected chi connectivity index (χ4v) is 2.91. The highest BCUT2D eigenvalue weighted by Gasteiger charge is 2.33. The number of nitrogens with two attached hydrogens (primary N) is 1. The van der Waals surface area contributed by atoms with Crippen molar-refractivity contribution < 1.29 is 44.4 Å². The number of carboxylic acids is 2. The molecule has 9 N–H and O–H groups in total. The minimum absolute atomic E-state index is 0.0798. The molecule has 0 aromatic heterocycles. The van der Waals surface area contributed by atoms with Crippen LogP contribution in [0.15, 0.2) is 30.3 Å². The third kappa shape index (κ3) is 9.13. The molecule has 188 valence electrons. The Labute approximate surface area is 195 Å². The molecule has 1 aromatic rings. The Kier molecular flexibility index (Phi) is 11.1. The summed E-state index contributed by atoms with van der Waals surface area (Å²) in [5, 5.41) is 44.3. The summed E-state index contributed by atoms with van der Waals surface area (Å²) < 4.78 is 0. The van der Waals surface area contributed by atoms with E-state index in [-0.39, 0.29) is 6.42 Å². The number of hydrogen-bond acceptors (Lipinski definition) is 8. The van der Waals surface area contributed by atoms with E-state index in [9.17, 15) is 39.3 Å². The van der Waals surface area contributed by atoms with Crippen molar-refractivity contribution in [1.82, 2.24) is 16.0 Å². The van der Waals surface area contributed by atoms with Crippen molar-refractivity contribution in [3.63, 3.8) is 0 Å². The molecule has 0 aliphatic carbocycles. The van der Waals surface area contributed by atoms with Gasteiger partial charge in [0.1, 0.15) is 12.1 Å². The van der Waals surface area contributed by atoms with Crippen LogP contribution in [-0.2, 0) is 30.4 Å². The van der Waals surface area contributed by atoms with Crippen molar-refractivity contribution in [1.29, 1.82) is 0 Å². The number of carbonyl (C=O) groups is 5. The van der Waals surface area contributed by atoms with Gasteiger partial charge in [0.05, 0.1) is 24.7 Å². The minimum atomic E-state index is -1.65. The Hall–Kier alpha value is -3.55. The van der Waals surface area contributed by atoms with E-state index < -0.39 is 72.5 Å². The first-order valence-electron chi connectivity index (χ1n) is 10.3. The van der Waals surface area contributed by atoms with Crippen molar-refractivity contribution in [3.8, 4) is 0 Å². The lowest BCUT2D eigenvalue weighted by Crippen LogP contribution is -2.61. The number of hydrogen-bond donors (Lipinski definition) is 8. The second kappa shape index (κ2) is 13.2. The molecule has 13 nitrogen and oxygen atoms in total. The number of carbonyl (C=O) groups excluding carboxylic acids is 3.